The molecular weight excluding hydrogens is 400 g/mol. The van der Waals surface area contributed by atoms with Gasteiger partial charge < -0.3 is 0 Å². The Labute approximate surface area is 170 Å². The molecule has 0 spiro atoms. The average Bonchev–Trinajstić information content (AvgIpc) is 3.32. The second-order valence-corrected chi connectivity index (χ2v) is 9.66. The molecule has 0 aliphatic carbocycles. The van der Waals surface area contributed by atoms with Gasteiger partial charge in [-0.3, -0.25) is 0 Å². The van der Waals surface area contributed by atoms with Crippen LogP contribution in [0.1, 0.15) is 31.0 Å². The van der Waals surface area contributed by atoms with E-state index >= 15 is 0 Å². The molecule has 26 heavy (non-hydrogen) atoms. The monoisotopic (exact) mass is 418 g/mol. The predicted molar refractivity (Wildman–Crippen MR) is 114 cm³/mol. The molecule has 3 aromatic heterocycles. The summed E-state index contributed by atoms with van der Waals surface area (Å²) in [5, 5.41) is 14.3. The number of aromatic nitrogens is 3. The molecule has 0 amide bonds. The predicted octanol–water partition coefficient (Wildman–Crippen LogP) is 6.09. The summed E-state index contributed by atoms with van der Waals surface area (Å²) < 4.78 is 0. The first-order chi connectivity index (χ1) is 12.7. The number of rotatable bonds is 8. The summed E-state index contributed by atoms with van der Waals surface area (Å²) in [6.45, 7) is 4.17. The van der Waals surface area contributed by atoms with E-state index in [0.717, 1.165) is 42.7 Å². The van der Waals surface area contributed by atoms with E-state index in [-0.39, 0.29) is 0 Å². The first kappa shape index (κ1) is 19.4. The molecule has 3 heterocycles. The summed E-state index contributed by atoms with van der Waals surface area (Å²) in [5.74, 6) is 1.14. The van der Waals surface area contributed by atoms with Gasteiger partial charge in [0.05, 0.1) is 21.6 Å². The van der Waals surface area contributed by atoms with Gasteiger partial charge in [-0.25, -0.2) is 15.0 Å². The third-order valence-electron chi connectivity index (χ3n) is 3.66. The minimum absolute atomic E-state index is 0.638. The fourth-order valence-corrected chi connectivity index (χ4v) is 5.97. The highest BCUT2D eigenvalue weighted by atomic mass is 32.2. The number of thiazole rings is 2. The average molecular weight is 419 g/mol. The molecule has 0 bridgehead atoms. The molecule has 0 aliphatic rings. The lowest BCUT2D eigenvalue weighted by molar-refractivity contribution is 0.897. The molecule has 3 rings (SSSR count). The molecule has 134 valence electrons. The molecule has 0 radical (unpaired) electrons. The minimum Gasteiger partial charge on any atom is -0.249 e. The second-order valence-electron chi connectivity index (χ2n) is 5.48. The molecule has 0 atom stereocenters. The highest BCUT2D eigenvalue weighted by Gasteiger charge is 2.19. The molecule has 0 N–H and O–H groups in total. The highest BCUT2D eigenvalue weighted by molar-refractivity contribution is 8.16. The van der Waals surface area contributed by atoms with Crippen LogP contribution in [0, 0.1) is 18.3 Å². The van der Waals surface area contributed by atoms with E-state index in [1.54, 1.807) is 40.6 Å². The number of hydrogen-bond donors (Lipinski definition) is 0. The Hall–Kier alpha value is -1.40. The Morgan fingerprint density at radius 2 is 2.15 bits per heavy atom. The highest BCUT2D eigenvalue weighted by Crippen LogP contribution is 2.38. The summed E-state index contributed by atoms with van der Waals surface area (Å²) >= 11 is 6.65. The van der Waals surface area contributed by atoms with Gasteiger partial charge in [0.2, 0.25) is 0 Å². The quantitative estimate of drug-likeness (QED) is 0.250. The van der Waals surface area contributed by atoms with Gasteiger partial charge >= 0.3 is 0 Å². The van der Waals surface area contributed by atoms with Crippen molar-refractivity contribution in [1.29, 1.82) is 5.26 Å². The molecule has 0 aliphatic heterocycles. The number of pyridine rings is 1. The molecule has 4 nitrogen and oxygen atoms in total. The summed E-state index contributed by atoms with van der Waals surface area (Å²) in [6, 6.07) is 4.35. The van der Waals surface area contributed by atoms with Crippen molar-refractivity contribution in [1.82, 2.24) is 15.0 Å². The van der Waals surface area contributed by atoms with E-state index in [9.17, 15) is 5.26 Å². The van der Waals surface area contributed by atoms with Crippen LogP contribution in [0.3, 0.4) is 0 Å². The lowest BCUT2D eigenvalue weighted by Crippen LogP contribution is -1.96. The lowest BCUT2D eigenvalue weighted by atomic mass is 10.1. The SMILES string of the molecule is CCCCSCSc1nc(-c2nccs2)cc(-c2scnc2C)c1C#N. The molecular formula is C18H18N4S4. The zero-order valence-electron chi connectivity index (χ0n) is 14.6. The maximum absolute atomic E-state index is 9.81. The van der Waals surface area contributed by atoms with Crippen LogP contribution in [0.2, 0.25) is 0 Å². The zero-order chi connectivity index (χ0) is 18.4. The topological polar surface area (TPSA) is 62.5 Å². The number of aryl methyl sites for hydroxylation is 1. The van der Waals surface area contributed by atoms with Gasteiger partial charge in [-0.15, -0.1) is 22.7 Å². The zero-order valence-corrected chi connectivity index (χ0v) is 17.8. The van der Waals surface area contributed by atoms with E-state index in [4.69, 9.17) is 4.98 Å². The molecule has 3 aromatic rings. The third-order valence-corrected chi connectivity index (χ3v) is 7.70. The van der Waals surface area contributed by atoms with Crippen molar-refractivity contribution in [2.75, 3.05) is 10.8 Å². The fraction of sp³-hybridized carbons (Fsp3) is 0.333. The van der Waals surface area contributed by atoms with Crippen molar-refractivity contribution < 1.29 is 0 Å². The number of unbranched alkanes of at least 4 members (excludes halogenated alkanes) is 1. The van der Waals surface area contributed by atoms with Crippen molar-refractivity contribution in [2.45, 2.75) is 31.7 Å². The number of nitriles is 1. The van der Waals surface area contributed by atoms with Crippen LogP contribution in [0.5, 0.6) is 0 Å². The van der Waals surface area contributed by atoms with Crippen molar-refractivity contribution in [2.24, 2.45) is 0 Å². The van der Waals surface area contributed by atoms with Gasteiger partial charge in [0.1, 0.15) is 21.8 Å². The normalized spacial score (nSPS) is 10.8. The summed E-state index contributed by atoms with van der Waals surface area (Å²) in [7, 11) is 0. The van der Waals surface area contributed by atoms with Gasteiger partial charge in [-0.05, 0) is 25.2 Å². The van der Waals surface area contributed by atoms with Gasteiger partial charge in [-0.2, -0.15) is 17.0 Å². The van der Waals surface area contributed by atoms with E-state index in [1.165, 1.54) is 12.8 Å². The smallest absolute Gasteiger partial charge is 0.141 e. The van der Waals surface area contributed by atoms with Gasteiger partial charge in [0.15, 0.2) is 0 Å². The van der Waals surface area contributed by atoms with Crippen molar-refractivity contribution >= 4 is 46.2 Å². The van der Waals surface area contributed by atoms with Crippen molar-refractivity contribution in [3.63, 3.8) is 0 Å². The first-order valence-electron chi connectivity index (χ1n) is 8.20. The number of nitrogens with zero attached hydrogens (tertiary/aromatic N) is 4. The summed E-state index contributed by atoms with van der Waals surface area (Å²) in [4.78, 5) is 14.5. The molecule has 0 saturated heterocycles. The van der Waals surface area contributed by atoms with Crippen LogP contribution in [0.25, 0.3) is 21.1 Å². The van der Waals surface area contributed by atoms with Crippen LogP contribution >= 0.6 is 46.2 Å². The van der Waals surface area contributed by atoms with E-state index in [0.29, 0.717) is 5.56 Å². The van der Waals surface area contributed by atoms with Crippen LogP contribution in [-0.2, 0) is 0 Å². The van der Waals surface area contributed by atoms with Gasteiger partial charge in [0, 0.05) is 22.2 Å². The maximum Gasteiger partial charge on any atom is 0.141 e. The Morgan fingerprint density at radius 1 is 1.27 bits per heavy atom. The molecule has 0 saturated carbocycles. The Kier molecular flexibility index (Phi) is 7.08. The molecule has 8 heteroatoms. The van der Waals surface area contributed by atoms with Crippen LogP contribution in [0.15, 0.2) is 28.2 Å². The summed E-state index contributed by atoms with van der Waals surface area (Å²) in [6.07, 6.45) is 4.20. The van der Waals surface area contributed by atoms with Crippen molar-refractivity contribution in [3.05, 3.63) is 34.4 Å². The second kappa shape index (κ2) is 9.51. The standard InChI is InChI=1S/C18H18N4S4/c1-3-4-6-23-11-26-17-14(9-19)13(16-12(2)21-10-25-16)8-15(22-17)18-20-5-7-24-18/h5,7-8,10H,3-4,6,11H2,1-2H3. The number of hydrogen-bond acceptors (Lipinski definition) is 8. The van der Waals surface area contributed by atoms with Crippen LogP contribution in [0.4, 0.5) is 0 Å². The fourth-order valence-electron chi connectivity index (χ4n) is 2.34. The van der Waals surface area contributed by atoms with Crippen LogP contribution in [-0.4, -0.2) is 25.8 Å². The molecule has 0 unspecified atom stereocenters. The van der Waals surface area contributed by atoms with Crippen LogP contribution < -0.4 is 0 Å². The van der Waals surface area contributed by atoms with Crippen molar-refractivity contribution in [3.8, 4) is 27.2 Å². The van der Waals surface area contributed by atoms with Gasteiger partial charge in [0.25, 0.3) is 0 Å². The Balaban J connectivity index is 2.00. The largest absolute Gasteiger partial charge is 0.249 e. The summed E-state index contributed by atoms with van der Waals surface area (Å²) in [5.41, 5.74) is 5.13. The minimum atomic E-state index is 0.638. The van der Waals surface area contributed by atoms with E-state index in [2.05, 4.69) is 23.0 Å². The van der Waals surface area contributed by atoms with E-state index in [1.807, 2.05) is 35.6 Å². The Morgan fingerprint density at radius 3 is 2.81 bits per heavy atom. The first-order valence-corrected chi connectivity index (χ1v) is 12.1. The third kappa shape index (κ3) is 4.46. The molecule has 0 fully saturated rings. The van der Waals surface area contributed by atoms with E-state index < -0.39 is 0 Å². The number of thioether (sulfide) groups is 2. The Bertz CT molecular complexity index is 897. The van der Waals surface area contributed by atoms with Gasteiger partial charge in [-0.1, -0.05) is 25.1 Å². The lowest BCUT2D eigenvalue weighted by Gasteiger charge is -2.10. The molecule has 0 aromatic carbocycles. The maximum atomic E-state index is 9.81.